The van der Waals surface area contributed by atoms with E-state index in [-0.39, 0.29) is 18.6 Å². The molecule has 1 saturated carbocycles. The highest BCUT2D eigenvalue weighted by molar-refractivity contribution is 6.33. The van der Waals surface area contributed by atoms with E-state index in [0.717, 1.165) is 0 Å². The Balaban J connectivity index is 1.98. The second-order valence-electron chi connectivity index (χ2n) is 5.94. The topological polar surface area (TPSA) is 71.5 Å². The van der Waals surface area contributed by atoms with Crippen molar-refractivity contribution in [1.82, 2.24) is 10.3 Å². The van der Waals surface area contributed by atoms with Gasteiger partial charge >= 0.3 is 0 Å². The molecule has 5 nitrogen and oxygen atoms in total. The Morgan fingerprint density at radius 1 is 1.62 bits per heavy atom. The lowest BCUT2D eigenvalue weighted by Gasteiger charge is -2.57. The lowest BCUT2D eigenvalue weighted by Crippen LogP contribution is -2.68. The fourth-order valence-corrected chi connectivity index (χ4v) is 2.85. The number of hydrogen-bond acceptors (Lipinski definition) is 4. The maximum atomic E-state index is 12.1. The Labute approximate surface area is 129 Å². The van der Waals surface area contributed by atoms with E-state index >= 15 is 0 Å². The normalized spacial score (nSPS) is 27.0. The minimum Gasteiger partial charge on any atom is -0.387 e. The number of halogens is 1. The molecule has 0 spiro atoms. The zero-order chi connectivity index (χ0) is 15.7. The van der Waals surface area contributed by atoms with Gasteiger partial charge in [-0.1, -0.05) is 25.4 Å². The van der Waals surface area contributed by atoms with Crippen LogP contribution in [0.4, 0.5) is 0 Å². The molecule has 0 unspecified atom stereocenters. The smallest absolute Gasteiger partial charge is 0.253 e. The fourth-order valence-electron chi connectivity index (χ4n) is 2.64. The Hall–Kier alpha value is -1.17. The van der Waals surface area contributed by atoms with Crippen molar-refractivity contribution < 1.29 is 14.6 Å². The maximum Gasteiger partial charge on any atom is 0.253 e. The summed E-state index contributed by atoms with van der Waals surface area (Å²) in [6.07, 6.45) is 3.45. The Morgan fingerprint density at radius 2 is 2.33 bits per heavy atom. The summed E-state index contributed by atoms with van der Waals surface area (Å²) >= 11 is 5.93. The summed E-state index contributed by atoms with van der Waals surface area (Å²) in [5.74, 6) is -0.313. The zero-order valence-corrected chi connectivity index (χ0v) is 13.3. The summed E-state index contributed by atoms with van der Waals surface area (Å²) < 4.78 is 5.60. The monoisotopic (exact) mass is 312 g/mol. The van der Waals surface area contributed by atoms with E-state index in [1.807, 2.05) is 20.8 Å². The number of nitrogens with zero attached hydrogens (tertiary/aromatic N) is 1. The molecule has 2 N–H and O–H groups in total. The standard InChI is InChI=1S/C15H21ClN2O3/c1-4-21-12-7-15(20,14(12,2)3)9-18-13(19)10-5-6-17-8-11(10)16/h5-6,8,12,20H,4,7,9H2,1-3H3,(H,18,19)/t12-,15+/m1/s1. The van der Waals surface area contributed by atoms with Crippen molar-refractivity contribution in [3.05, 3.63) is 29.0 Å². The van der Waals surface area contributed by atoms with E-state index in [1.165, 1.54) is 12.4 Å². The van der Waals surface area contributed by atoms with Crippen molar-refractivity contribution in [1.29, 1.82) is 0 Å². The van der Waals surface area contributed by atoms with Crippen LogP contribution in [0.15, 0.2) is 18.5 Å². The molecule has 0 aliphatic heterocycles. The lowest BCUT2D eigenvalue weighted by molar-refractivity contribution is -0.237. The van der Waals surface area contributed by atoms with E-state index in [0.29, 0.717) is 23.6 Å². The van der Waals surface area contributed by atoms with Crippen LogP contribution in [-0.2, 0) is 4.74 Å². The molecule has 116 valence electrons. The predicted octanol–water partition coefficient (Wildman–Crippen LogP) is 2.03. The van der Waals surface area contributed by atoms with Crippen molar-refractivity contribution in [2.75, 3.05) is 13.2 Å². The van der Waals surface area contributed by atoms with Crippen LogP contribution in [0.1, 0.15) is 37.6 Å². The van der Waals surface area contributed by atoms with Crippen LogP contribution in [0, 0.1) is 5.41 Å². The van der Waals surface area contributed by atoms with Crippen molar-refractivity contribution >= 4 is 17.5 Å². The van der Waals surface area contributed by atoms with E-state index in [2.05, 4.69) is 10.3 Å². The third kappa shape index (κ3) is 2.91. The second-order valence-corrected chi connectivity index (χ2v) is 6.35. The minimum absolute atomic E-state index is 0.00825. The highest BCUT2D eigenvalue weighted by atomic mass is 35.5. The number of carbonyl (C=O) groups excluding carboxylic acids is 1. The number of carbonyl (C=O) groups is 1. The van der Waals surface area contributed by atoms with Gasteiger partial charge in [-0.2, -0.15) is 0 Å². The van der Waals surface area contributed by atoms with Crippen molar-refractivity contribution in [3.8, 4) is 0 Å². The van der Waals surface area contributed by atoms with Gasteiger partial charge in [0.2, 0.25) is 0 Å². The van der Waals surface area contributed by atoms with Gasteiger partial charge in [-0.3, -0.25) is 9.78 Å². The van der Waals surface area contributed by atoms with Crippen LogP contribution in [0.25, 0.3) is 0 Å². The fraction of sp³-hybridized carbons (Fsp3) is 0.600. The molecule has 6 heteroatoms. The molecule has 0 radical (unpaired) electrons. The molecule has 1 aliphatic rings. The van der Waals surface area contributed by atoms with Crippen molar-refractivity contribution in [3.63, 3.8) is 0 Å². The molecule has 2 rings (SSSR count). The molecule has 0 aromatic carbocycles. The first-order chi connectivity index (χ1) is 9.82. The number of rotatable bonds is 5. The summed E-state index contributed by atoms with van der Waals surface area (Å²) in [5, 5.41) is 13.7. The van der Waals surface area contributed by atoms with Crippen LogP contribution in [0.2, 0.25) is 5.02 Å². The number of pyridine rings is 1. The molecule has 1 fully saturated rings. The number of aliphatic hydroxyl groups is 1. The molecule has 0 bridgehead atoms. The first-order valence-corrected chi connectivity index (χ1v) is 7.41. The largest absolute Gasteiger partial charge is 0.387 e. The molecule has 1 heterocycles. The van der Waals surface area contributed by atoms with Gasteiger partial charge in [-0.25, -0.2) is 0 Å². The van der Waals surface area contributed by atoms with Gasteiger partial charge in [0.15, 0.2) is 0 Å². The average Bonchev–Trinajstić information content (AvgIpc) is 2.45. The lowest BCUT2D eigenvalue weighted by atomic mass is 9.56. The van der Waals surface area contributed by atoms with Crippen LogP contribution in [0.5, 0.6) is 0 Å². The summed E-state index contributed by atoms with van der Waals surface area (Å²) in [7, 11) is 0. The van der Waals surface area contributed by atoms with Crippen molar-refractivity contribution in [2.24, 2.45) is 5.41 Å². The van der Waals surface area contributed by atoms with Crippen LogP contribution in [-0.4, -0.2) is 40.9 Å². The molecule has 0 saturated heterocycles. The van der Waals surface area contributed by atoms with Crippen LogP contribution >= 0.6 is 11.6 Å². The molecule has 1 aromatic rings. The average molecular weight is 313 g/mol. The van der Waals surface area contributed by atoms with Crippen molar-refractivity contribution in [2.45, 2.75) is 38.9 Å². The van der Waals surface area contributed by atoms with E-state index in [1.54, 1.807) is 6.07 Å². The third-order valence-electron chi connectivity index (χ3n) is 4.45. The molecule has 1 aliphatic carbocycles. The molecule has 1 amide bonds. The molecule has 2 atom stereocenters. The molecule has 1 aromatic heterocycles. The Morgan fingerprint density at radius 3 is 2.90 bits per heavy atom. The first-order valence-electron chi connectivity index (χ1n) is 7.03. The number of aromatic nitrogens is 1. The van der Waals surface area contributed by atoms with Gasteiger partial charge in [0, 0.05) is 37.4 Å². The summed E-state index contributed by atoms with van der Waals surface area (Å²) in [6.45, 7) is 6.61. The zero-order valence-electron chi connectivity index (χ0n) is 12.5. The number of ether oxygens (including phenoxy) is 1. The van der Waals surface area contributed by atoms with E-state index in [4.69, 9.17) is 16.3 Å². The molecule has 21 heavy (non-hydrogen) atoms. The summed E-state index contributed by atoms with van der Waals surface area (Å²) in [6, 6.07) is 1.55. The summed E-state index contributed by atoms with van der Waals surface area (Å²) in [4.78, 5) is 15.9. The minimum atomic E-state index is -0.970. The van der Waals surface area contributed by atoms with Gasteiger partial charge < -0.3 is 15.2 Å². The predicted molar refractivity (Wildman–Crippen MR) is 80.3 cm³/mol. The van der Waals surface area contributed by atoms with Crippen LogP contribution < -0.4 is 5.32 Å². The van der Waals surface area contributed by atoms with Gasteiger partial charge in [-0.05, 0) is 13.0 Å². The Kier molecular flexibility index (Phi) is 4.56. The second kappa shape index (κ2) is 5.91. The number of amides is 1. The van der Waals surface area contributed by atoms with E-state index < -0.39 is 11.0 Å². The molecular formula is C15H21ClN2O3. The SMILES string of the molecule is CCO[C@@H]1C[C@](O)(CNC(=O)c2ccncc2Cl)C1(C)C. The quantitative estimate of drug-likeness (QED) is 0.872. The van der Waals surface area contributed by atoms with Gasteiger partial charge in [-0.15, -0.1) is 0 Å². The molecular weight excluding hydrogens is 292 g/mol. The Bertz CT molecular complexity index is 535. The third-order valence-corrected chi connectivity index (χ3v) is 4.75. The van der Waals surface area contributed by atoms with Gasteiger partial charge in [0.05, 0.1) is 22.3 Å². The van der Waals surface area contributed by atoms with Gasteiger partial charge in [0.1, 0.15) is 0 Å². The van der Waals surface area contributed by atoms with E-state index in [9.17, 15) is 9.90 Å². The van der Waals surface area contributed by atoms with Crippen LogP contribution in [0.3, 0.4) is 0 Å². The maximum absolute atomic E-state index is 12.1. The first kappa shape index (κ1) is 16.2. The number of nitrogens with one attached hydrogen (secondary N) is 1. The number of hydrogen-bond donors (Lipinski definition) is 2. The highest BCUT2D eigenvalue weighted by Gasteiger charge is 2.59. The van der Waals surface area contributed by atoms with Gasteiger partial charge in [0.25, 0.3) is 5.91 Å². The summed E-state index contributed by atoms with van der Waals surface area (Å²) in [5.41, 5.74) is -1.02. The highest BCUT2D eigenvalue weighted by Crippen LogP contribution is 2.50.